The normalized spacial score (nSPS) is 18.6. The molecule has 11 nitrogen and oxygen atoms in total. The van der Waals surface area contributed by atoms with Crippen LogP contribution in [0.5, 0.6) is 0 Å². The molecule has 1 amide bonds. The lowest BCUT2D eigenvalue weighted by Crippen LogP contribution is -2.43. The number of hydrogen-bond acceptors (Lipinski definition) is 9. The summed E-state index contributed by atoms with van der Waals surface area (Å²) >= 11 is 0. The maximum atomic E-state index is 11.4. The zero-order chi connectivity index (χ0) is 48.4. The highest BCUT2D eigenvalue weighted by molar-refractivity contribution is 7.88. The highest BCUT2D eigenvalue weighted by Crippen LogP contribution is 2.26. The van der Waals surface area contributed by atoms with Crippen molar-refractivity contribution >= 4 is 15.9 Å². The number of rotatable bonds is 24. The maximum absolute atomic E-state index is 11.4. The second kappa shape index (κ2) is 39.3. The van der Waals surface area contributed by atoms with Gasteiger partial charge in [-0.15, -0.1) is 0 Å². The van der Waals surface area contributed by atoms with E-state index in [1.54, 1.807) is 11.9 Å². The van der Waals surface area contributed by atoms with Gasteiger partial charge in [0.1, 0.15) is 0 Å². The molecule has 1 unspecified atom stereocenters. The van der Waals surface area contributed by atoms with Crippen molar-refractivity contribution in [1.82, 2.24) is 35.0 Å². The third-order valence-corrected chi connectivity index (χ3v) is 12.4. The Morgan fingerprint density at radius 1 is 0.597 bits per heavy atom. The monoisotopic (exact) mass is 906 g/mol. The van der Waals surface area contributed by atoms with Crippen LogP contribution in [0.3, 0.4) is 0 Å². The van der Waals surface area contributed by atoms with Gasteiger partial charge in [-0.25, -0.2) is 12.7 Å². The van der Waals surface area contributed by atoms with Crippen molar-refractivity contribution in [3.63, 3.8) is 0 Å². The highest BCUT2D eigenvalue weighted by atomic mass is 32.2. The molecule has 0 spiro atoms. The van der Waals surface area contributed by atoms with Gasteiger partial charge in [0.15, 0.2) is 0 Å². The Bertz CT molecular complexity index is 1080. The average Bonchev–Trinajstić information content (AvgIpc) is 3.90. The van der Waals surface area contributed by atoms with E-state index in [1.165, 1.54) is 88.0 Å². The Kier molecular flexibility index (Phi) is 41.5. The standard InChI is InChI=1S/C10H20N2O.C10H21NO.C8H17N.C8H19N.C7H17NO2S.C7H17N/c1-8(2)4-6-11-9-5-7-12(3)10(9)13;1-8(2)3-4-11-10-5-9(6-10)7-12;1-7(2)5-6-9-8-3-4-8;1-8(2)6-5-7-9(3)4;1-7(2)5-6-8(3)11(4,9)10;1-7(2)5-6-8(3)4/h8-9,11H,4-7H2,1-3H3;8-12H,3-7H2,1-2H3;7-9H,3-6H2,1-2H3;8H,5-7H2,1-4H3;7H,5-6H2,1-4H3;7H,5-6H2,1-4H3. The van der Waals surface area contributed by atoms with E-state index in [4.69, 9.17) is 5.11 Å². The molecule has 3 fully saturated rings. The molecule has 1 aliphatic heterocycles. The minimum Gasteiger partial charge on any atom is -0.396 e. The van der Waals surface area contributed by atoms with Crippen LogP contribution in [0.2, 0.25) is 0 Å². The number of amides is 1. The number of likely N-dealkylation sites (tertiary alicyclic amines) is 1. The molecule has 0 aromatic carbocycles. The van der Waals surface area contributed by atoms with E-state index in [9.17, 15) is 13.2 Å². The van der Waals surface area contributed by atoms with Crippen LogP contribution in [0.15, 0.2) is 0 Å². The van der Waals surface area contributed by atoms with Crippen molar-refractivity contribution in [1.29, 1.82) is 0 Å². The van der Waals surface area contributed by atoms with Crippen molar-refractivity contribution in [3.05, 3.63) is 0 Å². The number of sulfonamides is 1. The van der Waals surface area contributed by atoms with Crippen molar-refractivity contribution in [2.45, 2.75) is 178 Å². The molecule has 62 heavy (non-hydrogen) atoms. The van der Waals surface area contributed by atoms with E-state index in [1.807, 2.05) is 7.05 Å². The first-order chi connectivity index (χ1) is 28.7. The quantitative estimate of drug-likeness (QED) is 0.0756. The Labute approximate surface area is 388 Å². The van der Waals surface area contributed by atoms with Crippen molar-refractivity contribution in [3.8, 4) is 0 Å². The molecule has 1 saturated heterocycles. The van der Waals surface area contributed by atoms with E-state index in [-0.39, 0.29) is 11.9 Å². The average molecular weight is 907 g/mol. The lowest BCUT2D eigenvalue weighted by molar-refractivity contribution is -0.128. The van der Waals surface area contributed by atoms with Gasteiger partial charge >= 0.3 is 0 Å². The smallest absolute Gasteiger partial charge is 0.239 e. The Balaban J connectivity index is -0.000000680. The van der Waals surface area contributed by atoms with Gasteiger partial charge in [-0.1, -0.05) is 83.1 Å². The first-order valence-corrected chi connectivity index (χ1v) is 26.8. The van der Waals surface area contributed by atoms with E-state index >= 15 is 0 Å². The number of likely N-dealkylation sites (N-methyl/N-ethyl adjacent to an activating group) is 1. The number of nitrogens with one attached hydrogen (secondary N) is 3. The minimum atomic E-state index is -2.97. The van der Waals surface area contributed by atoms with Crippen molar-refractivity contribution in [2.24, 2.45) is 41.4 Å². The predicted molar refractivity (Wildman–Crippen MR) is 273 cm³/mol. The van der Waals surface area contributed by atoms with Gasteiger partial charge in [0.05, 0.1) is 12.3 Å². The molecule has 2 aliphatic carbocycles. The molecule has 4 N–H and O–H groups in total. The predicted octanol–water partition coefficient (Wildman–Crippen LogP) is 8.53. The second-order valence-electron chi connectivity index (χ2n) is 21.6. The number of carbonyl (C=O) groups excluding carboxylic acids is 1. The third kappa shape index (κ3) is 47.1. The molecule has 1 atom stereocenters. The number of aliphatic hydroxyl groups excluding tert-OH is 1. The molecule has 0 aromatic heterocycles. The van der Waals surface area contributed by atoms with Crippen LogP contribution < -0.4 is 16.0 Å². The van der Waals surface area contributed by atoms with Crippen molar-refractivity contribution in [2.75, 3.05) is 101 Å². The summed E-state index contributed by atoms with van der Waals surface area (Å²) in [6.45, 7) is 34.3. The Hall–Kier alpha value is -0.860. The molecular formula is C50H111N7O4S. The SMILES string of the molecule is CC(C)CCCN(C)C.CC(C)CCN(C)C.CC(C)CCN(C)S(C)(=O)=O.CC(C)CCNC1CC(CO)C1.CC(C)CCNC1CC1.CC(C)CCNC1CCN(C)C1=O. The van der Waals surface area contributed by atoms with Gasteiger partial charge in [-0.2, -0.15) is 0 Å². The molecule has 1 heterocycles. The summed E-state index contributed by atoms with van der Waals surface area (Å²) in [5, 5.41) is 19.1. The van der Waals surface area contributed by atoms with Crippen molar-refractivity contribution < 1.29 is 18.3 Å². The summed E-state index contributed by atoms with van der Waals surface area (Å²) in [6, 6.07) is 1.67. The summed E-state index contributed by atoms with van der Waals surface area (Å²) in [6.07, 6.45) is 16.0. The molecule has 3 aliphatic rings. The second-order valence-corrected chi connectivity index (χ2v) is 23.7. The number of aliphatic hydroxyl groups is 1. The van der Waals surface area contributed by atoms with E-state index in [2.05, 4.69) is 137 Å². The first kappa shape index (κ1) is 65.4. The number of carbonyl (C=O) groups is 1. The van der Waals surface area contributed by atoms with Gasteiger partial charge in [0.2, 0.25) is 15.9 Å². The van der Waals surface area contributed by atoms with Gasteiger partial charge in [-0.05, 0) is 179 Å². The molecule has 0 radical (unpaired) electrons. The van der Waals surface area contributed by atoms with E-state index in [0.717, 1.165) is 68.6 Å². The molecule has 0 bridgehead atoms. The molecule has 0 aromatic rings. The number of hydrogen-bond donors (Lipinski definition) is 4. The largest absolute Gasteiger partial charge is 0.396 e. The topological polar surface area (TPSA) is 120 Å². The van der Waals surface area contributed by atoms with E-state index in [0.29, 0.717) is 36.9 Å². The van der Waals surface area contributed by atoms with Gasteiger partial charge in [0, 0.05) is 45.9 Å². The zero-order valence-electron chi connectivity index (χ0n) is 44.8. The Morgan fingerprint density at radius 3 is 1.32 bits per heavy atom. The summed E-state index contributed by atoms with van der Waals surface area (Å²) in [7, 11) is 8.99. The van der Waals surface area contributed by atoms with Crippen LogP contribution in [0, 0.1) is 41.4 Å². The maximum Gasteiger partial charge on any atom is 0.239 e. The summed E-state index contributed by atoms with van der Waals surface area (Å²) in [4.78, 5) is 17.7. The summed E-state index contributed by atoms with van der Waals surface area (Å²) < 4.78 is 23.1. The Morgan fingerprint density at radius 2 is 1.00 bits per heavy atom. The highest BCUT2D eigenvalue weighted by Gasteiger charge is 2.28. The van der Waals surface area contributed by atoms with Crippen LogP contribution in [-0.4, -0.2) is 158 Å². The molecule has 12 heteroatoms. The molecule has 3 rings (SSSR count). The van der Waals surface area contributed by atoms with Crippen LogP contribution in [0.25, 0.3) is 0 Å². The van der Waals surface area contributed by atoms with Crippen LogP contribution in [-0.2, 0) is 14.8 Å². The van der Waals surface area contributed by atoms with Crippen LogP contribution in [0.1, 0.15) is 160 Å². The molecule has 376 valence electrons. The van der Waals surface area contributed by atoms with Gasteiger partial charge in [0.25, 0.3) is 0 Å². The fraction of sp³-hybridized carbons (Fsp3) is 0.980. The lowest BCUT2D eigenvalue weighted by Gasteiger charge is -2.34. The lowest BCUT2D eigenvalue weighted by atomic mass is 9.81. The first-order valence-electron chi connectivity index (χ1n) is 25.0. The zero-order valence-corrected chi connectivity index (χ0v) is 45.6. The van der Waals surface area contributed by atoms with Gasteiger partial charge in [-0.3, -0.25) is 4.79 Å². The molecular weight excluding hydrogens is 795 g/mol. The number of nitrogens with zero attached hydrogens (tertiary/aromatic N) is 4. The fourth-order valence-electron chi connectivity index (χ4n) is 5.99. The van der Waals surface area contributed by atoms with Crippen LogP contribution >= 0.6 is 0 Å². The minimum absolute atomic E-state index is 0.0868. The molecule has 2 saturated carbocycles. The van der Waals surface area contributed by atoms with Gasteiger partial charge < -0.3 is 35.8 Å². The van der Waals surface area contributed by atoms with Crippen LogP contribution in [0.4, 0.5) is 0 Å². The third-order valence-electron chi connectivity index (χ3n) is 11.0. The summed E-state index contributed by atoms with van der Waals surface area (Å²) in [5.41, 5.74) is 0. The van der Waals surface area contributed by atoms with E-state index < -0.39 is 10.0 Å². The summed E-state index contributed by atoms with van der Waals surface area (Å²) in [5.74, 6) is 5.47. The fourth-order valence-corrected chi connectivity index (χ4v) is 6.42.